The molecule has 1 fully saturated rings. The summed E-state index contributed by atoms with van der Waals surface area (Å²) in [6, 6.07) is 6.18. The van der Waals surface area contributed by atoms with E-state index in [0.29, 0.717) is 0 Å². The van der Waals surface area contributed by atoms with Crippen LogP contribution < -0.4 is 10.1 Å². The molecule has 1 aromatic carbocycles. The number of fused-ring (bicyclic) bond motifs is 1. The van der Waals surface area contributed by atoms with Crippen molar-refractivity contribution in [3.63, 3.8) is 0 Å². The Balaban J connectivity index is 1.80. The molecule has 0 bridgehead atoms. The minimum absolute atomic E-state index is 0.804. The standard InChI is InChI=1S/C17H25N3O/c1-3-20-16-8-7-14(21-2)11-15(16)19-17(20)9-6-13-5-4-10-18-12-13/h7-8,11,13,18H,3-6,9-10,12H2,1-2H3. The number of aryl methyl sites for hydroxylation is 2. The van der Waals surface area contributed by atoms with Crippen molar-refractivity contribution < 1.29 is 4.74 Å². The Hall–Kier alpha value is -1.55. The lowest BCUT2D eigenvalue weighted by Gasteiger charge is -2.22. The zero-order valence-corrected chi connectivity index (χ0v) is 13.1. The zero-order chi connectivity index (χ0) is 14.7. The van der Waals surface area contributed by atoms with Crippen LogP contribution in [0.25, 0.3) is 11.0 Å². The maximum Gasteiger partial charge on any atom is 0.121 e. The number of benzene rings is 1. The summed E-state index contributed by atoms with van der Waals surface area (Å²) in [6.45, 7) is 5.52. The monoisotopic (exact) mass is 287 g/mol. The minimum atomic E-state index is 0.804. The number of nitrogens with zero attached hydrogens (tertiary/aromatic N) is 2. The van der Waals surface area contributed by atoms with E-state index in [-0.39, 0.29) is 0 Å². The fourth-order valence-electron chi connectivity index (χ4n) is 3.33. The van der Waals surface area contributed by atoms with Gasteiger partial charge in [0.1, 0.15) is 11.6 Å². The number of nitrogens with one attached hydrogen (secondary N) is 1. The summed E-state index contributed by atoms with van der Waals surface area (Å²) >= 11 is 0. The number of hydrogen-bond donors (Lipinski definition) is 1. The van der Waals surface area contributed by atoms with Gasteiger partial charge in [-0.15, -0.1) is 0 Å². The Morgan fingerprint density at radius 2 is 2.33 bits per heavy atom. The molecule has 1 unspecified atom stereocenters. The van der Waals surface area contributed by atoms with Gasteiger partial charge in [0.2, 0.25) is 0 Å². The summed E-state index contributed by atoms with van der Waals surface area (Å²) in [6.07, 6.45) is 4.96. The van der Waals surface area contributed by atoms with Crippen LogP contribution in [0.3, 0.4) is 0 Å². The van der Waals surface area contributed by atoms with Crippen LogP contribution in [0.1, 0.15) is 32.0 Å². The highest BCUT2D eigenvalue weighted by atomic mass is 16.5. The Kier molecular flexibility index (Phi) is 4.44. The molecule has 0 radical (unpaired) electrons. The molecule has 0 amide bonds. The van der Waals surface area contributed by atoms with Crippen molar-refractivity contribution in [1.29, 1.82) is 0 Å². The predicted molar refractivity (Wildman–Crippen MR) is 85.9 cm³/mol. The molecule has 0 saturated carbocycles. The molecule has 114 valence electrons. The summed E-state index contributed by atoms with van der Waals surface area (Å²) < 4.78 is 7.64. The quantitative estimate of drug-likeness (QED) is 0.919. The number of rotatable bonds is 5. The summed E-state index contributed by atoms with van der Waals surface area (Å²) in [5, 5.41) is 3.50. The second-order valence-electron chi connectivity index (χ2n) is 5.88. The fraction of sp³-hybridized carbons (Fsp3) is 0.588. The first-order valence-corrected chi connectivity index (χ1v) is 8.05. The molecule has 21 heavy (non-hydrogen) atoms. The van der Waals surface area contributed by atoms with Crippen LogP contribution in [-0.4, -0.2) is 29.8 Å². The molecule has 0 spiro atoms. The van der Waals surface area contributed by atoms with E-state index in [0.717, 1.165) is 30.1 Å². The summed E-state index contributed by atoms with van der Waals surface area (Å²) in [5.74, 6) is 2.90. The van der Waals surface area contributed by atoms with E-state index in [2.05, 4.69) is 22.9 Å². The summed E-state index contributed by atoms with van der Waals surface area (Å²) in [4.78, 5) is 4.84. The van der Waals surface area contributed by atoms with Gasteiger partial charge in [-0.3, -0.25) is 0 Å². The van der Waals surface area contributed by atoms with Gasteiger partial charge in [0.05, 0.1) is 18.1 Å². The molecule has 1 aliphatic heterocycles. The van der Waals surface area contributed by atoms with Crippen LogP contribution in [0.15, 0.2) is 18.2 Å². The number of methoxy groups -OCH3 is 1. The highest BCUT2D eigenvalue weighted by Gasteiger charge is 2.15. The van der Waals surface area contributed by atoms with E-state index < -0.39 is 0 Å². The SMILES string of the molecule is CCn1c(CCC2CCCNC2)nc2cc(OC)ccc21. The lowest BCUT2D eigenvalue weighted by Crippen LogP contribution is -2.30. The van der Waals surface area contributed by atoms with Gasteiger partial charge in [-0.2, -0.15) is 0 Å². The molecule has 3 rings (SSSR count). The molecular formula is C17H25N3O. The third-order valence-electron chi connectivity index (χ3n) is 4.53. The van der Waals surface area contributed by atoms with Crippen LogP contribution in [0.5, 0.6) is 5.75 Å². The van der Waals surface area contributed by atoms with Crippen molar-refractivity contribution in [3.8, 4) is 5.75 Å². The predicted octanol–water partition coefficient (Wildman–Crippen LogP) is 3.00. The first-order chi connectivity index (χ1) is 10.3. The van der Waals surface area contributed by atoms with E-state index in [1.165, 1.54) is 43.7 Å². The van der Waals surface area contributed by atoms with Gasteiger partial charge in [0.25, 0.3) is 0 Å². The molecular weight excluding hydrogens is 262 g/mol. The van der Waals surface area contributed by atoms with Crippen LogP contribution >= 0.6 is 0 Å². The second-order valence-corrected chi connectivity index (χ2v) is 5.88. The van der Waals surface area contributed by atoms with Gasteiger partial charge in [-0.25, -0.2) is 4.98 Å². The Morgan fingerprint density at radius 3 is 3.05 bits per heavy atom. The van der Waals surface area contributed by atoms with Crippen molar-refractivity contribution >= 4 is 11.0 Å². The number of piperidine rings is 1. The molecule has 2 aromatic rings. The number of aromatic nitrogens is 2. The second kappa shape index (κ2) is 6.48. The third-order valence-corrected chi connectivity index (χ3v) is 4.53. The molecule has 2 heterocycles. The van der Waals surface area contributed by atoms with Crippen molar-refractivity contribution in [2.75, 3.05) is 20.2 Å². The number of ether oxygens (including phenoxy) is 1. The van der Waals surface area contributed by atoms with Crippen molar-refractivity contribution in [2.24, 2.45) is 5.92 Å². The van der Waals surface area contributed by atoms with Crippen molar-refractivity contribution in [1.82, 2.24) is 14.9 Å². The lowest BCUT2D eigenvalue weighted by atomic mass is 9.94. The molecule has 1 N–H and O–H groups in total. The maximum atomic E-state index is 5.30. The average molecular weight is 287 g/mol. The normalized spacial score (nSPS) is 19.0. The van der Waals surface area contributed by atoms with Crippen LogP contribution in [0.2, 0.25) is 0 Å². The average Bonchev–Trinajstić information content (AvgIpc) is 2.90. The number of hydrogen-bond acceptors (Lipinski definition) is 3. The van der Waals surface area contributed by atoms with E-state index in [4.69, 9.17) is 9.72 Å². The summed E-state index contributed by atoms with van der Waals surface area (Å²) in [5.41, 5.74) is 2.27. The fourth-order valence-corrected chi connectivity index (χ4v) is 3.33. The Bertz CT molecular complexity index is 599. The highest BCUT2D eigenvalue weighted by molar-refractivity contribution is 5.77. The molecule has 4 heteroatoms. The molecule has 4 nitrogen and oxygen atoms in total. The van der Waals surface area contributed by atoms with Gasteiger partial charge in [0, 0.05) is 19.0 Å². The summed E-state index contributed by atoms with van der Waals surface area (Å²) in [7, 11) is 1.70. The maximum absolute atomic E-state index is 5.30. The van der Waals surface area contributed by atoms with Gasteiger partial charge >= 0.3 is 0 Å². The smallest absolute Gasteiger partial charge is 0.121 e. The topological polar surface area (TPSA) is 39.1 Å². The van der Waals surface area contributed by atoms with Crippen LogP contribution in [0, 0.1) is 5.92 Å². The lowest BCUT2D eigenvalue weighted by molar-refractivity contribution is 0.355. The van der Waals surface area contributed by atoms with Crippen LogP contribution in [0.4, 0.5) is 0 Å². The highest BCUT2D eigenvalue weighted by Crippen LogP contribution is 2.24. The van der Waals surface area contributed by atoms with Crippen LogP contribution in [-0.2, 0) is 13.0 Å². The van der Waals surface area contributed by atoms with Gasteiger partial charge < -0.3 is 14.6 Å². The van der Waals surface area contributed by atoms with Gasteiger partial charge in [0.15, 0.2) is 0 Å². The first kappa shape index (κ1) is 14.4. The molecule has 0 aliphatic carbocycles. The van der Waals surface area contributed by atoms with Gasteiger partial charge in [-0.05, 0) is 57.3 Å². The zero-order valence-electron chi connectivity index (χ0n) is 13.1. The van der Waals surface area contributed by atoms with E-state index >= 15 is 0 Å². The van der Waals surface area contributed by atoms with E-state index in [1.807, 2.05) is 12.1 Å². The first-order valence-electron chi connectivity index (χ1n) is 8.05. The molecule has 1 saturated heterocycles. The minimum Gasteiger partial charge on any atom is -0.497 e. The van der Waals surface area contributed by atoms with Crippen molar-refractivity contribution in [3.05, 3.63) is 24.0 Å². The largest absolute Gasteiger partial charge is 0.497 e. The van der Waals surface area contributed by atoms with Crippen molar-refractivity contribution in [2.45, 2.75) is 39.2 Å². The van der Waals surface area contributed by atoms with Gasteiger partial charge in [-0.1, -0.05) is 0 Å². The molecule has 1 aromatic heterocycles. The molecule has 1 aliphatic rings. The third kappa shape index (κ3) is 3.05. The molecule has 1 atom stereocenters. The number of imidazole rings is 1. The Morgan fingerprint density at radius 1 is 1.43 bits per heavy atom. The van der Waals surface area contributed by atoms with E-state index in [1.54, 1.807) is 7.11 Å². The van der Waals surface area contributed by atoms with E-state index in [9.17, 15) is 0 Å². The Labute approximate surface area is 126 Å².